The molecule has 21 heavy (non-hydrogen) atoms. The van der Waals surface area contributed by atoms with Gasteiger partial charge in [0.2, 0.25) is 0 Å². The Balaban J connectivity index is 2.20. The van der Waals surface area contributed by atoms with Crippen molar-refractivity contribution in [3.63, 3.8) is 0 Å². The van der Waals surface area contributed by atoms with E-state index in [-0.39, 0.29) is 11.9 Å². The first-order valence-electron chi connectivity index (χ1n) is 6.57. The summed E-state index contributed by atoms with van der Waals surface area (Å²) in [5, 5.41) is 7.63. The molecule has 0 spiro atoms. The van der Waals surface area contributed by atoms with Crippen LogP contribution in [0.3, 0.4) is 0 Å². The number of carbonyl (C=O) groups excluding carboxylic acids is 1. The topological polar surface area (TPSA) is 46.9 Å². The SMILES string of the molecule is CSc1ccc(Cl)c(C(=O)NC(C)c2cnn(C)c2C)c1. The maximum absolute atomic E-state index is 12.4. The van der Waals surface area contributed by atoms with Gasteiger partial charge >= 0.3 is 0 Å². The Kier molecular flexibility index (Phi) is 4.96. The minimum absolute atomic E-state index is 0.125. The van der Waals surface area contributed by atoms with Crippen LogP contribution >= 0.6 is 23.4 Å². The molecular formula is C15H18ClN3OS. The van der Waals surface area contributed by atoms with Crippen LogP contribution in [0.25, 0.3) is 0 Å². The van der Waals surface area contributed by atoms with Gasteiger partial charge in [0.05, 0.1) is 22.8 Å². The predicted octanol–water partition coefficient (Wildman–Crippen LogP) is 3.59. The third-order valence-corrected chi connectivity index (χ3v) is 4.56. The molecule has 0 aliphatic rings. The highest BCUT2D eigenvalue weighted by atomic mass is 35.5. The Morgan fingerprint density at radius 3 is 2.76 bits per heavy atom. The molecule has 1 amide bonds. The number of hydrogen-bond acceptors (Lipinski definition) is 3. The van der Waals surface area contributed by atoms with Gasteiger partial charge in [-0.25, -0.2) is 0 Å². The zero-order valence-corrected chi connectivity index (χ0v) is 14.0. The van der Waals surface area contributed by atoms with Crippen molar-refractivity contribution in [2.45, 2.75) is 24.8 Å². The van der Waals surface area contributed by atoms with Crippen molar-refractivity contribution >= 4 is 29.3 Å². The molecule has 0 radical (unpaired) electrons. The molecular weight excluding hydrogens is 306 g/mol. The molecule has 0 aliphatic carbocycles. The molecule has 0 fully saturated rings. The van der Waals surface area contributed by atoms with E-state index in [9.17, 15) is 4.79 Å². The summed E-state index contributed by atoms with van der Waals surface area (Å²) >= 11 is 7.70. The van der Waals surface area contributed by atoms with Crippen LogP contribution in [0.2, 0.25) is 5.02 Å². The summed E-state index contributed by atoms with van der Waals surface area (Å²) in [4.78, 5) is 13.4. The molecule has 0 aliphatic heterocycles. The molecule has 4 nitrogen and oxygen atoms in total. The van der Waals surface area contributed by atoms with Gasteiger partial charge in [0.25, 0.3) is 5.91 Å². The molecule has 1 N–H and O–H groups in total. The van der Waals surface area contributed by atoms with E-state index in [0.717, 1.165) is 16.2 Å². The van der Waals surface area contributed by atoms with E-state index in [0.29, 0.717) is 10.6 Å². The summed E-state index contributed by atoms with van der Waals surface area (Å²) in [5.74, 6) is -0.174. The van der Waals surface area contributed by atoms with Crippen molar-refractivity contribution < 1.29 is 4.79 Å². The Hall–Kier alpha value is -1.46. The van der Waals surface area contributed by atoms with Crippen LogP contribution < -0.4 is 5.32 Å². The van der Waals surface area contributed by atoms with Gasteiger partial charge < -0.3 is 5.32 Å². The molecule has 1 aromatic carbocycles. The summed E-state index contributed by atoms with van der Waals surface area (Å²) in [7, 11) is 1.88. The standard InChI is InChI=1S/C15H18ClN3OS/c1-9(13-8-17-19(3)10(13)2)18-15(20)12-7-11(21-4)5-6-14(12)16/h5-9H,1-4H3,(H,18,20). The quantitative estimate of drug-likeness (QED) is 0.875. The van der Waals surface area contributed by atoms with Gasteiger partial charge in [-0.05, 0) is 38.3 Å². The summed E-state index contributed by atoms with van der Waals surface area (Å²) < 4.78 is 1.79. The van der Waals surface area contributed by atoms with E-state index in [1.54, 1.807) is 28.7 Å². The smallest absolute Gasteiger partial charge is 0.253 e. The third-order valence-electron chi connectivity index (χ3n) is 3.51. The van der Waals surface area contributed by atoms with Crippen LogP contribution in [0.4, 0.5) is 0 Å². The van der Waals surface area contributed by atoms with Crippen LogP contribution in [-0.2, 0) is 7.05 Å². The van der Waals surface area contributed by atoms with Gasteiger partial charge in [0.1, 0.15) is 0 Å². The molecule has 0 bridgehead atoms. The largest absolute Gasteiger partial charge is 0.345 e. The van der Waals surface area contributed by atoms with E-state index in [1.165, 1.54) is 0 Å². The van der Waals surface area contributed by atoms with Gasteiger partial charge in [-0.15, -0.1) is 11.8 Å². The average Bonchev–Trinajstić information content (AvgIpc) is 2.79. The molecule has 1 atom stereocenters. The second-order valence-electron chi connectivity index (χ2n) is 4.85. The van der Waals surface area contributed by atoms with Crippen molar-refractivity contribution in [3.05, 3.63) is 46.2 Å². The van der Waals surface area contributed by atoms with Crippen molar-refractivity contribution in [1.82, 2.24) is 15.1 Å². The van der Waals surface area contributed by atoms with E-state index < -0.39 is 0 Å². The number of rotatable bonds is 4. The zero-order chi connectivity index (χ0) is 15.6. The lowest BCUT2D eigenvalue weighted by Crippen LogP contribution is -2.27. The maximum Gasteiger partial charge on any atom is 0.253 e. The molecule has 0 saturated heterocycles. The fraction of sp³-hybridized carbons (Fsp3) is 0.333. The monoisotopic (exact) mass is 323 g/mol. The number of hydrogen-bond donors (Lipinski definition) is 1. The van der Waals surface area contributed by atoms with E-state index in [4.69, 9.17) is 11.6 Å². The molecule has 6 heteroatoms. The Morgan fingerprint density at radius 2 is 2.19 bits per heavy atom. The lowest BCUT2D eigenvalue weighted by Gasteiger charge is -2.15. The minimum Gasteiger partial charge on any atom is -0.345 e. The van der Waals surface area contributed by atoms with Crippen LogP contribution in [0, 0.1) is 6.92 Å². The number of aryl methyl sites for hydroxylation is 1. The number of aromatic nitrogens is 2. The number of halogens is 1. The lowest BCUT2D eigenvalue weighted by molar-refractivity contribution is 0.0939. The fourth-order valence-electron chi connectivity index (χ4n) is 2.10. The van der Waals surface area contributed by atoms with Crippen LogP contribution in [0.1, 0.15) is 34.6 Å². The minimum atomic E-state index is -0.174. The van der Waals surface area contributed by atoms with Crippen LogP contribution in [-0.4, -0.2) is 21.9 Å². The molecule has 1 heterocycles. The van der Waals surface area contributed by atoms with Crippen LogP contribution in [0.15, 0.2) is 29.3 Å². The number of thioether (sulfide) groups is 1. The molecule has 1 unspecified atom stereocenters. The van der Waals surface area contributed by atoms with Gasteiger partial charge in [-0.1, -0.05) is 11.6 Å². The van der Waals surface area contributed by atoms with E-state index in [1.807, 2.05) is 39.3 Å². The molecule has 1 aromatic heterocycles. The van der Waals surface area contributed by atoms with Gasteiger partial charge in [0.15, 0.2) is 0 Å². The lowest BCUT2D eigenvalue weighted by atomic mass is 10.1. The Bertz CT molecular complexity index is 669. The first-order valence-corrected chi connectivity index (χ1v) is 8.17. The summed E-state index contributed by atoms with van der Waals surface area (Å²) in [6.07, 6.45) is 3.74. The van der Waals surface area contributed by atoms with Crippen molar-refractivity contribution in [2.24, 2.45) is 7.05 Å². The summed E-state index contributed by atoms with van der Waals surface area (Å²) in [6.45, 7) is 3.92. The van der Waals surface area contributed by atoms with Crippen molar-refractivity contribution in [3.8, 4) is 0 Å². The zero-order valence-electron chi connectivity index (χ0n) is 12.5. The van der Waals surface area contributed by atoms with Gasteiger partial charge in [-0.3, -0.25) is 9.48 Å². The van der Waals surface area contributed by atoms with Gasteiger partial charge in [0, 0.05) is 23.2 Å². The molecule has 0 saturated carbocycles. The average molecular weight is 324 g/mol. The highest BCUT2D eigenvalue weighted by Gasteiger charge is 2.17. The van der Waals surface area contributed by atoms with Crippen molar-refractivity contribution in [1.29, 1.82) is 0 Å². The van der Waals surface area contributed by atoms with E-state index >= 15 is 0 Å². The second-order valence-corrected chi connectivity index (χ2v) is 6.14. The summed E-state index contributed by atoms with van der Waals surface area (Å²) in [5.41, 5.74) is 2.53. The molecule has 112 valence electrons. The number of nitrogens with zero attached hydrogens (tertiary/aromatic N) is 2. The second kappa shape index (κ2) is 6.54. The number of nitrogens with one attached hydrogen (secondary N) is 1. The predicted molar refractivity (Wildman–Crippen MR) is 87.1 cm³/mol. The number of carbonyl (C=O) groups is 1. The van der Waals surface area contributed by atoms with Crippen LogP contribution in [0.5, 0.6) is 0 Å². The fourth-order valence-corrected chi connectivity index (χ4v) is 2.74. The highest BCUT2D eigenvalue weighted by molar-refractivity contribution is 7.98. The van der Waals surface area contributed by atoms with Crippen molar-refractivity contribution in [2.75, 3.05) is 6.26 Å². The molecule has 2 aromatic rings. The normalized spacial score (nSPS) is 12.2. The molecule has 2 rings (SSSR count). The first kappa shape index (κ1) is 15.9. The summed E-state index contributed by atoms with van der Waals surface area (Å²) in [6, 6.07) is 5.34. The first-order chi connectivity index (χ1) is 9.93. The highest BCUT2D eigenvalue weighted by Crippen LogP contribution is 2.24. The number of benzene rings is 1. The Labute approximate surface area is 133 Å². The Morgan fingerprint density at radius 1 is 1.48 bits per heavy atom. The van der Waals surface area contributed by atoms with Gasteiger partial charge in [-0.2, -0.15) is 5.10 Å². The number of amides is 1. The third kappa shape index (κ3) is 3.41. The van der Waals surface area contributed by atoms with E-state index in [2.05, 4.69) is 10.4 Å². The maximum atomic E-state index is 12.4.